The molecule has 0 bridgehead atoms. The quantitative estimate of drug-likeness (QED) is 0.787. The van der Waals surface area contributed by atoms with E-state index in [0.717, 1.165) is 6.42 Å². The predicted molar refractivity (Wildman–Crippen MR) is 69.4 cm³/mol. The summed E-state index contributed by atoms with van der Waals surface area (Å²) in [6.07, 6.45) is 1.47. The van der Waals surface area contributed by atoms with Gasteiger partial charge in [0.25, 0.3) is 0 Å². The number of sulfonamides is 1. The second-order valence-corrected chi connectivity index (χ2v) is 6.54. The molecule has 1 aromatic carbocycles. The molecule has 0 amide bonds. The Bertz CT molecular complexity index is 499. The lowest BCUT2D eigenvalue weighted by atomic mass is 10.1. The van der Waals surface area contributed by atoms with E-state index in [2.05, 4.69) is 0 Å². The minimum Gasteiger partial charge on any atom is -0.399 e. The van der Waals surface area contributed by atoms with E-state index in [4.69, 9.17) is 10.8 Å². The first-order chi connectivity index (χ1) is 8.54. The van der Waals surface area contributed by atoms with E-state index in [1.54, 1.807) is 12.1 Å². The van der Waals surface area contributed by atoms with Crippen LogP contribution in [0.3, 0.4) is 0 Å². The molecule has 1 fully saturated rings. The third kappa shape index (κ3) is 2.66. The van der Waals surface area contributed by atoms with Gasteiger partial charge in [-0.05, 0) is 43.0 Å². The van der Waals surface area contributed by atoms with Crippen LogP contribution < -0.4 is 5.73 Å². The molecule has 1 saturated heterocycles. The van der Waals surface area contributed by atoms with E-state index in [1.807, 2.05) is 0 Å². The molecule has 2 rings (SSSR count). The highest BCUT2D eigenvalue weighted by Gasteiger charge is 2.31. The van der Waals surface area contributed by atoms with E-state index in [1.165, 1.54) is 16.4 Å². The van der Waals surface area contributed by atoms with Crippen LogP contribution in [0.25, 0.3) is 0 Å². The second kappa shape index (κ2) is 5.26. The second-order valence-electron chi connectivity index (χ2n) is 4.60. The number of anilines is 1. The topological polar surface area (TPSA) is 83.6 Å². The van der Waals surface area contributed by atoms with Crippen LogP contribution in [0.5, 0.6) is 0 Å². The van der Waals surface area contributed by atoms with Crippen molar-refractivity contribution in [1.82, 2.24) is 4.31 Å². The molecule has 1 heterocycles. The molecule has 6 heteroatoms. The maximum atomic E-state index is 12.3. The zero-order valence-electron chi connectivity index (χ0n) is 10.1. The van der Waals surface area contributed by atoms with Crippen LogP contribution in [0.2, 0.25) is 0 Å². The Morgan fingerprint density at radius 1 is 1.33 bits per heavy atom. The first-order valence-corrected chi connectivity index (χ1v) is 7.44. The molecule has 100 valence electrons. The number of aliphatic hydroxyl groups excluding tert-OH is 1. The van der Waals surface area contributed by atoms with Crippen molar-refractivity contribution in [2.75, 3.05) is 25.4 Å². The molecule has 0 spiro atoms. The molecule has 1 aromatic rings. The summed E-state index contributed by atoms with van der Waals surface area (Å²) in [4.78, 5) is 0.279. The van der Waals surface area contributed by atoms with Gasteiger partial charge in [0.1, 0.15) is 0 Å². The highest BCUT2D eigenvalue weighted by atomic mass is 32.2. The Morgan fingerprint density at radius 3 is 2.61 bits per heavy atom. The van der Waals surface area contributed by atoms with E-state index in [0.29, 0.717) is 25.2 Å². The van der Waals surface area contributed by atoms with Gasteiger partial charge in [0.2, 0.25) is 10.0 Å². The van der Waals surface area contributed by atoms with Crippen LogP contribution >= 0.6 is 0 Å². The minimum absolute atomic E-state index is 0.112. The Balaban J connectivity index is 2.15. The molecular formula is C12H18N2O3S. The summed E-state index contributed by atoms with van der Waals surface area (Å²) in [5, 5.41) is 8.88. The number of hydrogen-bond donors (Lipinski definition) is 2. The molecule has 1 aliphatic rings. The molecule has 5 nitrogen and oxygen atoms in total. The summed E-state index contributed by atoms with van der Waals surface area (Å²) in [6.45, 7) is 1.13. The summed E-state index contributed by atoms with van der Waals surface area (Å²) in [5.74, 6) is 0.263. The van der Waals surface area contributed by atoms with Crippen LogP contribution in [0.4, 0.5) is 5.69 Å². The molecule has 18 heavy (non-hydrogen) atoms. The molecule has 1 atom stereocenters. The predicted octanol–water partition coefficient (Wildman–Crippen LogP) is 0.662. The molecule has 1 aliphatic heterocycles. The van der Waals surface area contributed by atoms with Gasteiger partial charge in [-0.25, -0.2) is 8.42 Å². The van der Waals surface area contributed by atoms with Crippen LogP contribution in [0, 0.1) is 5.92 Å². The van der Waals surface area contributed by atoms with Crippen molar-refractivity contribution >= 4 is 15.7 Å². The van der Waals surface area contributed by atoms with Crippen molar-refractivity contribution in [2.45, 2.75) is 17.7 Å². The van der Waals surface area contributed by atoms with Gasteiger partial charge in [-0.3, -0.25) is 0 Å². The van der Waals surface area contributed by atoms with Gasteiger partial charge in [-0.15, -0.1) is 0 Å². The van der Waals surface area contributed by atoms with Crippen LogP contribution in [-0.4, -0.2) is 37.5 Å². The molecule has 0 saturated carbocycles. The zero-order valence-corrected chi connectivity index (χ0v) is 10.9. The van der Waals surface area contributed by atoms with Gasteiger partial charge >= 0.3 is 0 Å². The average Bonchev–Trinajstić information content (AvgIpc) is 2.79. The van der Waals surface area contributed by atoms with Crippen LogP contribution in [0.1, 0.15) is 12.8 Å². The van der Waals surface area contributed by atoms with Gasteiger partial charge in [0, 0.05) is 25.4 Å². The van der Waals surface area contributed by atoms with Gasteiger partial charge in [0.05, 0.1) is 4.90 Å². The lowest BCUT2D eigenvalue weighted by Gasteiger charge is -2.16. The molecule has 1 unspecified atom stereocenters. The number of benzene rings is 1. The highest BCUT2D eigenvalue weighted by molar-refractivity contribution is 7.89. The van der Waals surface area contributed by atoms with E-state index < -0.39 is 10.0 Å². The smallest absolute Gasteiger partial charge is 0.243 e. The molecule has 0 aliphatic carbocycles. The molecule has 0 radical (unpaired) electrons. The summed E-state index contributed by atoms with van der Waals surface area (Å²) < 4.78 is 26.1. The monoisotopic (exact) mass is 270 g/mol. The van der Waals surface area contributed by atoms with Crippen molar-refractivity contribution in [2.24, 2.45) is 5.92 Å². The van der Waals surface area contributed by atoms with E-state index in [9.17, 15) is 8.42 Å². The number of nitrogens with two attached hydrogens (primary N) is 1. The Morgan fingerprint density at radius 2 is 2.00 bits per heavy atom. The zero-order chi connectivity index (χ0) is 13.2. The Kier molecular flexibility index (Phi) is 3.89. The summed E-state index contributed by atoms with van der Waals surface area (Å²) >= 11 is 0. The average molecular weight is 270 g/mol. The minimum atomic E-state index is -3.41. The van der Waals surface area contributed by atoms with Crippen LogP contribution in [-0.2, 0) is 10.0 Å². The fraction of sp³-hybridized carbons (Fsp3) is 0.500. The lowest BCUT2D eigenvalue weighted by Crippen LogP contribution is -2.29. The first kappa shape index (κ1) is 13.3. The normalized spacial score (nSPS) is 21.3. The SMILES string of the molecule is Nc1ccc(S(=O)(=O)N2CCC(CCO)C2)cc1. The van der Waals surface area contributed by atoms with Crippen molar-refractivity contribution in [1.29, 1.82) is 0 Å². The fourth-order valence-electron chi connectivity index (χ4n) is 2.22. The first-order valence-electron chi connectivity index (χ1n) is 6.00. The van der Waals surface area contributed by atoms with Gasteiger partial charge in [-0.1, -0.05) is 0 Å². The van der Waals surface area contributed by atoms with Gasteiger partial charge < -0.3 is 10.8 Å². The maximum absolute atomic E-state index is 12.3. The number of aliphatic hydroxyl groups is 1. The highest BCUT2D eigenvalue weighted by Crippen LogP contribution is 2.26. The van der Waals surface area contributed by atoms with E-state index in [-0.39, 0.29) is 17.4 Å². The number of nitrogen functional groups attached to an aromatic ring is 1. The molecular weight excluding hydrogens is 252 g/mol. The third-order valence-electron chi connectivity index (χ3n) is 3.30. The van der Waals surface area contributed by atoms with Crippen molar-refractivity contribution < 1.29 is 13.5 Å². The van der Waals surface area contributed by atoms with Gasteiger partial charge in [-0.2, -0.15) is 4.31 Å². The Hall–Kier alpha value is -1.11. The maximum Gasteiger partial charge on any atom is 0.243 e. The number of hydrogen-bond acceptors (Lipinski definition) is 4. The lowest BCUT2D eigenvalue weighted by molar-refractivity contribution is 0.259. The number of nitrogens with zero attached hydrogens (tertiary/aromatic N) is 1. The van der Waals surface area contributed by atoms with Crippen molar-refractivity contribution in [3.63, 3.8) is 0 Å². The van der Waals surface area contributed by atoms with E-state index >= 15 is 0 Å². The molecule has 0 aromatic heterocycles. The van der Waals surface area contributed by atoms with Gasteiger partial charge in [0.15, 0.2) is 0 Å². The fourth-order valence-corrected chi connectivity index (χ4v) is 3.75. The summed E-state index contributed by atoms with van der Waals surface area (Å²) in [6, 6.07) is 6.25. The third-order valence-corrected chi connectivity index (χ3v) is 5.18. The Labute approximate surface area is 107 Å². The molecule has 3 N–H and O–H groups in total. The van der Waals surface area contributed by atoms with Crippen molar-refractivity contribution in [3.8, 4) is 0 Å². The summed E-state index contributed by atoms with van der Waals surface area (Å²) in [7, 11) is -3.41. The largest absolute Gasteiger partial charge is 0.399 e. The van der Waals surface area contributed by atoms with Crippen molar-refractivity contribution in [3.05, 3.63) is 24.3 Å². The van der Waals surface area contributed by atoms with Crippen LogP contribution in [0.15, 0.2) is 29.2 Å². The standard InChI is InChI=1S/C12H18N2O3S/c13-11-1-3-12(4-2-11)18(16,17)14-7-5-10(9-14)6-8-15/h1-4,10,15H,5-9,13H2. The summed E-state index contributed by atoms with van der Waals surface area (Å²) in [5.41, 5.74) is 6.10. The number of rotatable bonds is 4.